The molecule has 1 amide bonds. The molecule has 0 radical (unpaired) electrons. The SMILES string of the molecule is COc1ccc(C(=O)Nc2ccc(N3CCN(c4ncncn4)CC3)cc2)cc1. The van der Waals surface area contributed by atoms with E-state index in [0.29, 0.717) is 5.56 Å². The Hall–Kier alpha value is -3.68. The molecule has 1 fully saturated rings. The van der Waals surface area contributed by atoms with Gasteiger partial charge in [0.2, 0.25) is 5.95 Å². The lowest BCUT2D eigenvalue weighted by atomic mass is 10.2. The first-order valence-corrected chi connectivity index (χ1v) is 9.40. The summed E-state index contributed by atoms with van der Waals surface area (Å²) in [7, 11) is 1.60. The molecular formula is C21H22N6O2. The Morgan fingerprint density at radius 1 is 0.897 bits per heavy atom. The Morgan fingerprint density at radius 2 is 1.52 bits per heavy atom. The highest BCUT2D eigenvalue weighted by Gasteiger charge is 2.19. The standard InChI is InChI=1S/C21H22N6O2/c1-29-19-8-2-16(3-9-19)20(28)25-17-4-6-18(7-5-17)26-10-12-27(13-11-26)21-23-14-22-15-24-21/h2-9,14-15H,10-13H2,1H3,(H,25,28). The Kier molecular flexibility index (Phi) is 5.51. The van der Waals surface area contributed by atoms with Crippen LogP contribution in [0.1, 0.15) is 10.4 Å². The minimum Gasteiger partial charge on any atom is -0.497 e. The molecular weight excluding hydrogens is 368 g/mol. The normalized spacial score (nSPS) is 13.8. The second-order valence-corrected chi connectivity index (χ2v) is 6.64. The van der Waals surface area contributed by atoms with E-state index in [0.717, 1.165) is 49.3 Å². The summed E-state index contributed by atoms with van der Waals surface area (Å²) in [5, 5.41) is 2.93. The number of ether oxygens (including phenoxy) is 1. The third-order valence-electron chi connectivity index (χ3n) is 4.88. The molecule has 2 heterocycles. The van der Waals surface area contributed by atoms with Crippen LogP contribution in [0, 0.1) is 0 Å². The number of methoxy groups -OCH3 is 1. The summed E-state index contributed by atoms with van der Waals surface area (Å²) in [6.07, 6.45) is 3.04. The van der Waals surface area contributed by atoms with Gasteiger partial charge in [-0.25, -0.2) is 15.0 Å². The van der Waals surface area contributed by atoms with Gasteiger partial charge in [0.15, 0.2) is 0 Å². The van der Waals surface area contributed by atoms with Crippen LogP contribution in [0.25, 0.3) is 0 Å². The first-order valence-electron chi connectivity index (χ1n) is 9.40. The molecule has 0 unspecified atom stereocenters. The van der Waals surface area contributed by atoms with Crippen molar-refractivity contribution in [2.24, 2.45) is 0 Å². The monoisotopic (exact) mass is 390 g/mol. The van der Waals surface area contributed by atoms with Crippen molar-refractivity contribution in [2.45, 2.75) is 0 Å². The van der Waals surface area contributed by atoms with Crippen molar-refractivity contribution in [2.75, 3.05) is 48.4 Å². The van der Waals surface area contributed by atoms with Gasteiger partial charge in [-0.1, -0.05) is 0 Å². The quantitative estimate of drug-likeness (QED) is 0.716. The number of carbonyl (C=O) groups is 1. The summed E-state index contributed by atoms with van der Waals surface area (Å²) < 4.78 is 5.12. The Labute approximate surface area is 169 Å². The van der Waals surface area contributed by atoms with Crippen LogP contribution in [0.5, 0.6) is 5.75 Å². The Balaban J connectivity index is 1.34. The lowest BCUT2D eigenvalue weighted by Crippen LogP contribution is -2.47. The van der Waals surface area contributed by atoms with Crippen molar-refractivity contribution in [3.63, 3.8) is 0 Å². The summed E-state index contributed by atoms with van der Waals surface area (Å²) in [5.74, 6) is 1.30. The molecule has 29 heavy (non-hydrogen) atoms. The van der Waals surface area contributed by atoms with Crippen LogP contribution in [0.15, 0.2) is 61.2 Å². The molecule has 1 N–H and O–H groups in total. The Morgan fingerprint density at radius 3 is 2.14 bits per heavy atom. The average molecular weight is 390 g/mol. The van der Waals surface area contributed by atoms with Gasteiger partial charge in [0.25, 0.3) is 5.91 Å². The summed E-state index contributed by atoms with van der Waals surface area (Å²) >= 11 is 0. The summed E-state index contributed by atoms with van der Waals surface area (Å²) in [5.41, 5.74) is 2.48. The Bertz CT molecular complexity index is 939. The highest BCUT2D eigenvalue weighted by molar-refractivity contribution is 6.04. The van der Waals surface area contributed by atoms with Crippen molar-refractivity contribution in [3.05, 3.63) is 66.7 Å². The summed E-state index contributed by atoms with van der Waals surface area (Å²) in [4.78, 5) is 29.1. The van der Waals surface area contributed by atoms with Gasteiger partial charge < -0.3 is 19.9 Å². The molecule has 8 heteroatoms. The maximum absolute atomic E-state index is 12.4. The molecule has 0 atom stereocenters. The van der Waals surface area contributed by atoms with Gasteiger partial charge in [-0.3, -0.25) is 4.79 Å². The molecule has 148 valence electrons. The van der Waals surface area contributed by atoms with Crippen LogP contribution in [-0.4, -0.2) is 54.1 Å². The van der Waals surface area contributed by atoms with Crippen molar-refractivity contribution >= 4 is 23.2 Å². The predicted octanol–water partition coefficient (Wildman–Crippen LogP) is 2.46. The van der Waals surface area contributed by atoms with Crippen LogP contribution in [0.2, 0.25) is 0 Å². The van der Waals surface area contributed by atoms with Gasteiger partial charge in [-0.05, 0) is 48.5 Å². The first-order chi connectivity index (χ1) is 14.2. The number of hydrogen-bond donors (Lipinski definition) is 1. The topological polar surface area (TPSA) is 83.5 Å². The zero-order valence-electron chi connectivity index (χ0n) is 16.2. The van der Waals surface area contributed by atoms with E-state index in [4.69, 9.17) is 4.74 Å². The molecule has 1 saturated heterocycles. The molecule has 0 aliphatic carbocycles. The number of piperazine rings is 1. The van der Waals surface area contributed by atoms with Crippen molar-refractivity contribution in [3.8, 4) is 5.75 Å². The van der Waals surface area contributed by atoms with E-state index in [1.165, 1.54) is 12.7 Å². The molecule has 0 bridgehead atoms. The number of rotatable bonds is 5. The van der Waals surface area contributed by atoms with E-state index >= 15 is 0 Å². The molecule has 1 aliphatic heterocycles. The number of amides is 1. The van der Waals surface area contributed by atoms with E-state index in [9.17, 15) is 4.79 Å². The number of carbonyl (C=O) groups excluding carboxylic acids is 1. The van der Waals surface area contributed by atoms with E-state index in [2.05, 4.69) is 30.1 Å². The highest BCUT2D eigenvalue weighted by atomic mass is 16.5. The molecule has 1 aromatic heterocycles. The van der Waals surface area contributed by atoms with Crippen LogP contribution in [0.3, 0.4) is 0 Å². The number of anilines is 3. The number of aromatic nitrogens is 3. The number of hydrogen-bond acceptors (Lipinski definition) is 7. The van der Waals surface area contributed by atoms with Crippen molar-refractivity contribution in [1.82, 2.24) is 15.0 Å². The largest absolute Gasteiger partial charge is 0.497 e. The fourth-order valence-corrected chi connectivity index (χ4v) is 3.26. The van der Waals surface area contributed by atoms with E-state index in [1.807, 2.05) is 24.3 Å². The van der Waals surface area contributed by atoms with Crippen LogP contribution < -0.4 is 19.9 Å². The number of benzene rings is 2. The third-order valence-corrected chi connectivity index (χ3v) is 4.88. The van der Waals surface area contributed by atoms with Gasteiger partial charge in [0.1, 0.15) is 18.4 Å². The van der Waals surface area contributed by atoms with Crippen LogP contribution in [-0.2, 0) is 0 Å². The third kappa shape index (κ3) is 4.43. The van der Waals surface area contributed by atoms with Gasteiger partial charge in [0.05, 0.1) is 7.11 Å². The van der Waals surface area contributed by atoms with Gasteiger partial charge in [0, 0.05) is 43.1 Å². The zero-order chi connectivity index (χ0) is 20.1. The van der Waals surface area contributed by atoms with Gasteiger partial charge >= 0.3 is 0 Å². The molecule has 0 saturated carbocycles. The molecule has 4 rings (SSSR count). The minimum absolute atomic E-state index is 0.147. The zero-order valence-corrected chi connectivity index (χ0v) is 16.2. The maximum atomic E-state index is 12.4. The fourth-order valence-electron chi connectivity index (χ4n) is 3.26. The van der Waals surface area contributed by atoms with Crippen LogP contribution in [0.4, 0.5) is 17.3 Å². The van der Waals surface area contributed by atoms with Gasteiger partial charge in [-0.2, -0.15) is 0 Å². The first kappa shape index (κ1) is 18.7. The minimum atomic E-state index is -0.147. The lowest BCUT2D eigenvalue weighted by molar-refractivity contribution is 0.102. The van der Waals surface area contributed by atoms with Crippen molar-refractivity contribution < 1.29 is 9.53 Å². The summed E-state index contributed by atoms with van der Waals surface area (Å²) in [6, 6.07) is 14.9. The molecule has 2 aromatic carbocycles. The second kappa shape index (κ2) is 8.55. The van der Waals surface area contributed by atoms with E-state index < -0.39 is 0 Å². The molecule has 8 nitrogen and oxygen atoms in total. The summed E-state index contributed by atoms with van der Waals surface area (Å²) in [6.45, 7) is 3.45. The molecule has 3 aromatic rings. The predicted molar refractivity (Wildman–Crippen MR) is 112 cm³/mol. The number of nitrogens with zero attached hydrogens (tertiary/aromatic N) is 5. The van der Waals surface area contributed by atoms with Gasteiger partial charge in [-0.15, -0.1) is 0 Å². The van der Waals surface area contributed by atoms with Crippen LogP contribution >= 0.6 is 0 Å². The highest BCUT2D eigenvalue weighted by Crippen LogP contribution is 2.21. The lowest BCUT2D eigenvalue weighted by Gasteiger charge is -2.36. The molecule has 0 spiro atoms. The maximum Gasteiger partial charge on any atom is 0.255 e. The van der Waals surface area contributed by atoms with E-state index in [-0.39, 0.29) is 5.91 Å². The second-order valence-electron chi connectivity index (χ2n) is 6.64. The van der Waals surface area contributed by atoms with Crippen molar-refractivity contribution in [1.29, 1.82) is 0 Å². The average Bonchev–Trinajstić information content (AvgIpc) is 2.80. The molecule has 1 aliphatic rings. The number of nitrogens with one attached hydrogen (secondary N) is 1. The smallest absolute Gasteiger partial charge is 0.255 e. The fraction of sp³-hybridized carbons (Fsp3) is 0.238. The van der Waals surface area contributed by atoms with E-state index in [1.54, 1.807) is 31.4 Å².